The van der Waals surface area contributed by atoms with E-state index < -0.39 is 0 Å². The van der Waals surface area contributed by atoms with Gasteiger partial charge in [0, 0.05) is 24.0 Å². The van der Waals surface area contributed by atoms with Crippen molar-refractivity contribution in [2.75, 3.05) is 5.32 Å². The summed E-state index contributed by atoms with van der Waals surface area (Å²) in [5.41, 5.74) is 4.39. The minimum Gasteiger partial charge on any atom is -0.465 e. The number of hydrogen-bond donors (Lipinski definition) is 1. The predicted molar refractivity (Wildman–Crippen MR) is 102 cm³/mol. The molecule has 1 amide bonds. The number of aromatic nitrogens is 2. The lowest BCUT2D eigenvalue weighted by atomic mass is 10.1. The van der Waals surface area contributed by atoms with Crippen LogP contribution in [0.25, 0.3) is 23.0 Å². The highest BCUT2D eigenvalue weighted by atomic mass is 16.3. The molecule has 1 N–H and O–H groups in total. The summed E-state index contributed by atoms with van der Waals surface area (Å²) >= 11 is 0. The van der Waals surface area contributed by atoms with E-state index in [4.69, 9.17) is 9.40 Å². The van der Waals surface area contributed by atoms with Crippen molar-refractivity contribution < 1.29 is 9.21 Å². The molecule has 0 fully saturated rings. The Kier molecular flexibility index (Phi) is 4.11. The molecule has 0 radical (unpaired) electrons. The molecule has 0 atom stereocenters. The van der Waals surface area contributed by atoms with E-state index in [1.807, 2.05) is 60.1 Å². The third-order valence-electron chi connectivity index (χ3n) is 4.08. The Morgan fingerprint density at radius 1 is 1.15 bits per heavy atom. The second kappa shape index (κ2) is 6.72. The Labute approximate surface area is 150 Å². The van der Waals surface area contributed by atoms with Crippen molar-refractivity contribution in [2.24, 2.45) is 0 Å². The van der Waals surface area contributed by atoms with Gasteiger partial charge in [0.05, 0.1) is 17.6 Å². The molecule has 26 heavy (non-hydrogen) atoms. The van der Waals surface area contributed by atoms with Gasteiger partial charge in [0.25, 0.3) is 0 Å². The number of anilines is 1. The molecule has 128 valence electrons. The van der Waals surface area contributed by atoms with Crippen LogP contribution in [0.3, 0.4) is 0 Å². The van der Waals surface area contributed by atoms with E-state index in [0.29, 0.717) is 11.4 Å². The molecule has 0 saturated heterocycles. The van der Waals surface area contributed by atoms with Crippen molar-refractivity contribution >= 4 is 23.3 Å². The van der Waals surface area contributed by atoms with Crippen molar-refractivity contribution in [3.63, 3.8) is 0 Å². The summed E-state index contributed by atoms with van der Waals surface area (Å²) in [6.45, 7) is 2.03. The molecular formula is C21H17N3O2. The number of nitrogens with zero attached hydrogens (tertiary/aromatic N) is 2. The lowest BCUT2D eigenvalue weighted by Gasteiger charge is -2.07. The average Bonchev–Trinajstić information content (AvgIpc) is 3.31. The molecule has 1 aromatic carbocycles. The summed E-state index contributed by atoms with van der Waals surface area (Å²) in [6, 6.07) is 15.2. The van der Waals surface area contributed by atoms with Crippen LogP contribution in [0.2, 0.25) is 0 Å². The van der Waals surface area contributed by atoms with Gasteiger partial charge in [-0.3, -0.25) is 4.79 Å². The summed E-state index contributed by atoms with van der Waals surface area (Å²) in [6.07, 6.45) is 8.58. The van der Waals surface area contributed by atoms with Crippen LogP contribution in [0, 0.1) is 6.92 Å². The minimum absolute atomic E-state index is 0.228. The summed E-state index contributed by atoms with van der Waals surface area (Å²) in [7, 11) is 0. The molecule has 3 aromatic heterocycles. The number of hydrogen-bond acceptors (Lipinski definition) is 3. The number of imidazole rings is 1. The van der Waals surface area contributed by atoms with Gasteiger partial charge >= 0.3 is 0 Å². The van der Waals surface area contributed by atoms with Crippen molar-refractivity contribution in [3.8, 4) is 11.3 Å². The maximum absolute atomic E-state index is 12.3. The molecule has 5 heteroatoms. The third-order valence-corrected chi connectivity index (χ3v) is 4.08. The molecular weight excluding hydrogens is 326 g/mol. The van der Waals surface area contributed by atoms with Crippen LogP contribution in [0.5, 0.6) is 0 Å². The zero-order valence-corrected chi connectivity index (χ0v) is 14.2. The number of pyridine rings is 1. The Bertz CT molecular complexity index is 1090. The maximum Gasteiger partial charge on any atom is 0.248 e. The van der Waals surface area contributed by atoms with E-state index in [1.54, 1.807) is 24.5 Å². The highest BCUT2D eigenvalue weighted by Crippen LogP contribution is 2.28. The zero-order valence-electron chi connectivity index (χ0n) is 14.2. The van der Waals surface area contributed by atoms with Gasteiger partial charge in [0.1, 0.15) is 11.4 Å². The van der Waals surface area contributed by atoms with Crippen LogP contribution < -0.4 is 5.32 Å². The SMILES string of the molecule is Cc1cccn2cc(-c3ccccc3NC(=O)/C=C/c3ccco3)nc12. The Balaban J connectivity index is 1.64. The number of fused-ring (bicyclic) bond motifs is 1. The molecule has 0 aliphatic carbocycles. The molecule has 0 bridgehead atoms. The van der Waals surface area contributed by atoms with Gasteiger partial charge in [-0.1, -0.05) is 24.3 Å². The van der Waals surface area contributed by atoms with Gasteiger partial charge in [0.2, 0.25) is 5.91 Å². The van der Waals surface area contributed by atoms with Crippen LogP contribution >= 0.6 is 0 Å². The number of rotatable bonds is 4. The number of benzene rings is 1. The molecule has 4 aromatic rings. The van der Waals surface area contributed by atoms with E-state index in [0.717, 1.165) is 22.5 Å². The van der Waals surface area contributed by atoms with Crippen LogP contribution in [0.1, 0.15) is 11.3 Å². The smallest absolute Gasteiger partial charge is 0.248 e. The van der Waals surface area contributed by atoms with Gasteiger partial charge in [-0.25, -0.2) is 4.98 Å². The zero-order chi connectivity index (χ0) is 17.9. The molecule has 0 aliphatic heterocycles. The van der Waals surface area contributed by atoms with E-state index in [-0.39, 0.29) is 5.91 Å². The van der Waals surface area contributed by atoms with Crippen molar-refractivity contribution in [1.29, 1.82) is 0 Å². The molecule has 0 spiro atoms. The third kappa shape index (κ3) is 3.15. The average molecular weight is 343 g/mol. The van der Waals surface area contributed by atoms with Crippen molar-refractivity contribution in [2.45, 2.75) is 6.92 Å². The first-order chi connectivity index (χ1) is 12.7. The van der Waals surface area contributed by atoms with Crippen molar-refractivity contribution in [1.82, 2.24) is 9.38 Å². The van der Waals surface area contributed by atoms with E-state index in [1.165, 1.54) is 6.08 Å². The fourth-order valence-electron chi connectivity index (χ4n) is 2.82. The predicted octanol–water partition coefficient (Wildman–Crippen LogP) is 4.55. The first kappa shape index (κ1) is 15.9. The van der Waals surface area contributed by atoms with E-state index in [2.05, 4.69) is 5.32 Å². The summed E-state index contributed by atoms with van der Waals surface area (Å²) in [5.74, 6) is 0.401. The van der Waals surface area contributed by atoms with E-state index in [9.17, 15) is 4.79 Å². The second-order valence-corrected chi connectivity index (χ2v) is 5.93. The molecule has 0 aliphatic rings. The molecule has 0 saturated carbocycles. The van der Waals surface area contributed by atoms with Crippen LogP contribution in [0.15, 0.2) is 77.7 Å². The monoisotopic (exact) mass is 343 g/mol. The van der Waals surface area contributed by atoms with Gasteiger partial charge < -0.3 is 14.1 Å². The summed E-state index contributed by atoms with van der Waals surface area (Å²) < 4.78 is 7.18. The topological polar surface area (TPSA) is 59.5 Å². The Hall–Kier alpha value is -3.60. The fourth-order valence-corrected chi connectivity index (χ4v) is 2.82. The van der Waals surface area contributed by atoms with Crippen molar-refractivity contribution in [3.05, 3.63) is 84.6 Å². The normalized spacial score (nSPS) is 11.3. The van der Waals surface area contributed by atoms with E-state index >= 15 is 0 Å². The molecule has 4 rings (SSSR count). The number of amides is 1. The summed E-state index contributed by atoms with van der Waals surface area (Å²) in [4.78, 5) is 17.0. The molecule has 3 heterocycles. The minimum atomic E-state index is -0.228. The highest BCUT2D eigenvalue weighted by Gasteiger charge is 2.11. The van der Waals surface area contributed by atoms with Crippen LogP contribution in [-0.2, 0) is 4.79 Å². The Morgan fingerprint density at radius 2 is 2.04 bits per heavy atom. The lowest BCUT2D eigenvalue weighted by Crippen LogP contribution is -2.08. The van der Waals surface area contributed by atoms with Gasteiger partial charge in [-0.05, 0) is 42.8 Å². The summed E-state index contributed by atoms with van der Waals surface area (Å²) in [5, 5.41) is 2.91. The van der Waals surface area contributed by atoms with Crippen LogP contribution in [0.4, 0.5) is 5.69 Å². The molecule has 5 nitrogen and oxygen atoms in total. The van der Waals surface area contributed by atoms with Gasteiger partial charge in [0.15, 0.2) is 0 Å². The first-order valence-corrected chi connectivity index (χ1v) is 8.27. The fraction of sp³-hybridized carbons (Fsp3) is 0.0476. The highest BCUT2D eigenvalue weighted by molar-refractivity contribution is 6.03. The van der Waals surface area contributed by atoms with Gasteiger partial charge in [-0.2, -0.15) is 0 Å². The molecule has 0 unspecified atom stereocenters. The first-order valence-electron chi connectivity index (χ1n) is 8.27. The standard InChI is InChI=1S/C21H17N3O2/c1-15-6-4-12-24-14-19(23-21(15)24)17-8-2-3-9-18(17)22-20(25)11-10-16-7-5-13-26-16/h2-14H,1H3,(H,22,25)/b11-10+. The number of para-hydroxylation sites is 1. The number of furan rings is 1. The Morgan fingerprint density at radius 3 is 2.85 bits per heavy atom. The quantitative estimate of drug-likeness (QED) is 0.553. The second-order valence-electron chi connectivity index (χ2n) is 5.93. The van der Waals surface area contributed by atoms with Gasteiger partial charge in [-0.15, -0.1) is 0 Å². The number of carbonyl (C=O) groups excluding carboxylic acids is 1. The number of nitrogens with one attached hydrogen (secondary N) is 1. The largest absolute Gasteiger partial charge is 0.465 e. The van der Waals surface area contributed by atoms with Crippen LogP contribution in [-0.4, -0.2) is 15.3 Å². The lowest BCUT2D eigenvalue weighted by molar-refractivity contribution is -0.111. The number of aryl methyl sites for hydroxylation is 1. The number of carbonyl (C=O) groups is 1. The maximum atomic E-state index is 12.3.